The Balaban J connectivity index is 1.36. The maximum atomic E-state index is 14.0. The third-order valence-electron chi connectivity index (χ3n) is 7.84. The molecule has 0 aromatic heterocycles. The second-order valence-corrected chi connectivity index (χ2v) is 9.77. The number of benzene rings is 1. The highest BCUT2D eigenvalue weighted by molar-refractivity contribution is 5.95. The largest absolute Gasteiger partial charge is 0.354 e. The van der Waals surface area contributed by atoms with Gasteiger partial charge in [0.15, 0.2) is 0 Å². The van der Waals surface area contributed by atoms with E-state index in [2.05, 4.69) is 10.2 Å². The number of hydrogen-bond acceptors (Lipinski definition) is 3. The summed E-state index contributed by atoms with van der Waals surface area (Å²) in [6.45, 7) is 4.92. The molecule has 162 valence electrons. The van der Waals surface area contributed by atoms with Crippen LogP contribution in [0.3, 0.4) is 0 Å². The maximum Gasteiger partial charge on any atom is 0.254 e. The summed E-state index contributed by atoms with van der Waals surface area (Å²) in [7, 11) is 0. The molecule has 2 bridgehead atoms. The first kappa shape index (κ1) is 20.0. The molecule has 1 aromatic carbocycles. The van der Waals surface area contributed by atoms with Gasteiger partial charge in [0.25, 0.3) is 5.91 Å². The lowest BCUT2D eigenvalue weighted by atomic mass is 9.72. The van der Waals surface area contributed by atoms with Gasteiger partial charge < -0.3 is 10.2 Å². The number of carbonyl (C=O) groups excluding carboxylic acids is 2. The first-order valence-corrected chi connectivity index (χ1v) is 11.6. The molecule has 0 radical (unpaired) electrons. The fourth-order valence-electron chi connectivity index (χ4n) is 6.06. The number of nitrogens with zero attached hydrogens (tertiary/aromatic N) is 2. The Bertz CT molecular complexity index is 840. The molecule has 1 N–H and O–H groups in total. The summed E-state index contributed by atoms with van der Waals surface area (Å²) in [5.74, 6) is 0.875. The average molecular weight is 414 g/mol. The zero-order valence-electron chi connectivity index (χ0n) is 17.8. The molecule has 4 atom stereocenters. The van der Waals surface area contributed by atoms with E-state index in [9.17, 15) is 14.0 Å². The molecular weight excluding hydrogens is 381 g/mol. The first-order chi connectivity index (χ1) is 14.5. The van der Waals surface area contributed by atoms with Crippen LogP contribution in [0.2, 0.25) is 0 Å². The number of amides is 2. The molecule has 6 heteroatoms. The summed E-state index contributed by atoms with van der Waals surface area (Å²) in [5.41, 5.74) is 0.917. The van der Waals surface area contributed by atoms with E-state index < -0.39 is 0 Å². The highest BCUT2D eigenvalue weighted by Gasteiger charge is 2.48. The quantitative estimate of drug-likeness (QED) is 0.826. The number of halogens is 1. The van der Waals surface area contributed by atoms with Crippen molar-refractivity contribution < 1.29 is 14.0 Å². The predicted molar refractivity (Wildman–Crippen MR) is 113 cm³/mol. The number of likely N-dealkylation sites (tertiary alicyclic amines) is 1. The topological polar surface area (TPSA) is 52.7 Å². The fourth-order valence-corrected chi connectivity index (χ4v) is 6.06. The van der Waals surface area contributed by atoms with Crippen LogP contribution in [0.5, 0.6) is 0 Å². The summed E-state index contributed by atoms with van der Waals surface area (Å²) < 4.78 is 14.0. The van der Waals surface area contributed by atoms with Gasteiger partial charge in [0.2, 0.25) is 5.91 Å². The molecule has 3 saturated heterocycles. The Kier molecular flexibility index (Phi) is 5.30. The number of hydrogen-bond donors (Lipinski definition) is 1. The lowest BCUT2D eigenvalue weighted by Crippen LogP contribution is -2.66. The molecule has 3 heterocycles. The van der Waals surface area contributed by atoms with Crippen LogP contribution in [0.1, 0.15) is 54.4 Å². The minimum Gasteiger partial charge on any atom is -0.354 e. The zero-order valence-corrected chi connectivity index (χ0v) is 17.8. The van der Waals surface area contributed by atoms with Crippen LogP contribution in [0, 0.1) is 30.5 Å². The predicted octanol–water partition coefficient (Wildman–Crippen LogP) is 2.98. The monoisotopic (exact) mass is 413 g/mol. The number of rotatable bonds is 4. The van der Waals surface area contributed by atoms with Gasteiger partial charge >= 0.3 is 0 Å². The average Bonchev–Trinajstić information content (AvgIpc) is 3.60. The van der Waals surface area contributed by atoms with E-state index in [0.717, 1.165) is 32.4 Å². The second-order valence-electron chi connectivity index (χ2n) is 9.77. The van der Waals surface area contributed by atoms with Gasteiger partial charge in [0.05, 0.1) is 0 Å². The highest BCUT2D eigenvalue weighted by Crippen LogP contribution is 2.41. The van der Waals surface area contributed by atoms with E-state index in [-0.39, 0.29) is 23.5 Å². The Morgan fingerprint density at radius 1 is 1.13 bits per heavy atom. The van der Waals surface area contributed by atoms with E-state index in [4.69, 9.17) is 0 Å². The van der Waals surface area contributed by atoms with Crippen LogP contribution >= 0.6 is 0 Å². The maximum absolute atomic E-state index is 14.0. The van der Waals surface area contributed by atoms with Crippen LogP contribution in [-0.4, -0.2) is 59.9 Å². The molecule has 2 amide bonds. The molecule has 1 aromatic rings. The molecule has 30 heavy (non-hydrogen) atoms. The Morgan fingerprint density at radius 3 is 2.73 bits per heavy atom. The van der Waals surface area contributed by atoms with Crippen molar-refractivity contribution in [1.82, 2.24) is 15.1 Å². The third kappa shape index (κ3) is 3.64. The molecule has 1 aliphatic carbocycles. The molecule has 5 nitrogen and oxygen atoms in total. The lowest BCUT2D eigenvalue weighted by Gasteiger charge is -2.56. The molecule has 0 spiro atoms. The van der Waals surface area contributed by atoms with Gasteiger partial charge in [-0.25, -0.2) is 4.39 Å². The van der Waals surface area contributed by atoms with E-state index in [1.165, 1.54) is 25.3 Å². The Labute approximate surface area is 178 Å². The van der Waals surface area contributed by atoms with Gasteiger partial charge in [0.1, 0.15) is 5.82 Å². The molecule has 4 aliphatic rings. The second kappa shape index (κ2) is 7.95. The van der Waals surface area contributed by atoms with Gasteiger partial charge in [-0.3, -0.25) is 14.5 Å². The van der Waals surface area contributed by atoms with Gasteiger partial charge in [-0.05, 0) is 75.1 Å². The summed E-state index contributed by atoms with van der Waals surface area (Å²) in [5, 5.41) is 3.21. The van der Waals surface area contributed by atoms with Crippen LogP contribution in [0.4, 0.5) is 4.39 Å². The van der Waals surface area contributed by atoms with Crippen LogP contribution in [0.15, 0.2) is 18.2 Å². The van der Waals surface area contributed by atoms with Crippen molar-refractivity contribution in [1.29, 1.82) is 0 Å². The third-order valence-corrected chi connectivity index (χ3v) is 7.84. The zero-order chi connectivity index (χ0) is 20.8. The fraction of sp³-hybridized carbons (Fsp3) is 0.667. The summed E-state index contributed by atoms with van der Waals surface area (Å²) in [6.07, 6.45) is 6.78. The Morgan fingerprint density at radius 2 is 1.93 bits per heavy atom. The van der Waals surface area contributed by atoms with Crippen LogP contribution < -0.4 is 5.32 Å². The van der Waals surface area contributed by atoms with Crippen molar-refractivity contribution >= 4 is 11.8 Å². The molecule has 3 aliphatic heterocycles. The van der Waals surface area contributed by atoms with Gasteiger partial charge in [0, 0.05) is 43.2 Å². The van der Waals surface area contributed by atoms with Crippen molar-refractivity contribution in [2.24, 2.45) is 17.8 Å². The molecule has 4 fully saturated rings. The number of nitrogens with one attached hydrogen (secondary N) is 1. The highest BCUT2D eigenvalue weighted by atomic mass is 19.1. The number of fused-ring (bicyclic) bond motifs is 4. The number of carbonyl (C=O) groups is 2. The van der Waals surface area contributed by atoms with Gasteiger partial charge in [-0.1, -0.05) is 12.5 Å². The van der Waals surface area contributed by atoms with Gasteiger partial charge in [-0.2, -0.15) is 0 Å². The SMILES string of the molecule is Cc1c(F)cccc1C(=O)N1C[C@H]2C[C@@H](C1)[C@H](CNC(=O)C1CC1)N1CCCC[C@@H]21. The molecular formula is C24H32FN3O2. The standard InChI is InChI=1S/C24H32FN3O2/c1-15-19(5-4-6-20(15)25)24(30)27-13-17-11-18(14-27)22(12-26-23(29)16-8-9-16)28-10-3-2-7-21(17)28/h4-6,16-18,21-22H,2-3,7-14H2,1H3,(H,26,29)/t17-,18+,21+,22+/m1/s1. The first-order valence-electron chi connectivity index (χ1n) is 11.6. The molecule has 0 unspecified atom stereocenters. The Hall–Kier alpha value is -1.95. The normalized spacial score (nSPS) is 31.2. The van der Waals surface area contributed by atoms with E-state index >= 15 is 0 Å². The molecule has 5 rings (SSSR count). The van der Waals surface area contributed by atoms with Crippen molar-refractivity contribution in [2.45, 2.75) is 57.5 Å². The van der Waals surface area contributed by atoms with Crippen molar-refractivity contribution in [2.75, 3.05) is 26.2 Å². The molecule has 1 saturated carbocycles. The van der Waals surface area contributed by atoms with Gasteiger partial charge in [-0.15, -0.1) is 0 Å². The van der Waals surface area contributed by atoms with E-state index in [0.29, 0.717) is 48.1 Å². The van der Waals surface area contributed by atoms with Crippen molar-refractivity contribution in [3.8, 4) is 0 Å². The summed E-state index contributed by atoms with van der Waals surface area (Å²) in [4.78, 5) is 30.2. The van der Waals surface area contributed by atoms with Crippen molar-refractivity contribution in [3.05, 3.63) is 35.1 Å². The summed E-state index contributed by atoms with van der Waals surface area (Å²) in [6, 6.07) is 5.56. The minimum atomic E-state index is -0.322. The number of piperidine rings is 3. The van der Waals surface area contributed by atoms with E-state index in [1.807, 2.05) is 4.90 Å². The summed E-state index contributed by atoms with van der Waals surface area (Å²) >= 11 is 0. The lowest BCUT2D eigenvalue weighted by molar-refractivity contribution is -0.123. The minimum absolute atomic E-state index is 0.0493. The van der Waals surface area contributed by atoms with Crippen LogP contribution in [0.25, 0.3) is 0 Å². The smallest absolute Gasteiger partial charge is 0.254 e. The van der Waals surface area contributed by atoms with Crippen LogP contribution in [-0.2, 0) is 4.79 Å². The van der Waals surface area contributed by atoms with E-state index in [1.54, 1.807) is 19.1 Å². The van der Waals surface area contributed by atoms with Crippen molar-refractivity contribution in [3.63, 3.8) is 0 Å².